The monoisotopic (exact) mass is 264 g/mol. The number of hydrogen-bond donors (Lipinski definition) is 1. The first-order valence-corrected chi connectivity index (χ1v) is 5.89. The summed E-state index contributed by atoms with van der Waals surface area (Å²) >= 11 is 0. The summed E-state index contributed by atoms with van der Waals surface area (Å²) in [6.45, 7) is -0.0316. The second kappa shape index (κ2) is 5.80. The quantitative estimate of drug-likeness (QED) is 0.919. The minimum absolute atomic E-state index is 0.0316. The van der Waals surface area contributed by atoms with Gasteiger partial charge in [-0.3, -0.25) is 0 Å². The molecule has 0 saturated heterocycles. The van der Waals surface area contributed by atoms with E-state index in [4.69, 9.17) is 9.84 Å². The van der Waals surface area contributed by atoms with Crippen LogP contribution in [0.4, 0.5) is 8.78 Å². The molecule has 19 heavy (non-hydrogen) atoms. The molecule has 0 amide bonds. The van der Waals surface area contributed by atoms with Crippen molar-refractivity contribution < 1.29 is 18.6 Å². The van der Waals surface area contributed by atoms with Gasteiger partial charge in [-0.15, -0.1) is 0 Å². The molecular formula is C15H14F2O2. The molecule has 1 N–H and O–H groups in total. The summed E-state index contributed by atoms with van der Waals surface area (Å²) in [5, 5.41) is 8.89. The van der Waals surface area contributed by atoms with Gasteiger partial charge in [-0.25, -0.2) is 8.78 Å². The van der Waals surface area contributed by atoms with Crippen molar-refractivity contribution in [2.24, 2.45) is 0 Å². The van der Waals surface area contributed by atoms with Gasteiger partial charge in [-0.1, -0.05) is 6.07 Å². The maximum absolute atomic E-state index is 13.9. The Bertz CT molecular complexity index is 582. The van der Waals surface area contributed by atoms with Crippen LogP contribution >= 0.6 is 0 Å². The van der Waals surface area contributed by atoms with Gasteiger partial charge in [0, 0.05) is 23.8 Å². The Balaban J connectivity index is 2.48. The fourth-order valence-electron chi connectivity index (χ4n) is 1.90. The summed E-state index contributed by atoms with van der Waals surface area (Å²) in [7, 11) is 1.44. The highest BCUT2D eigenvalue weighted by Gasteiger charge is 2.11. The lowest BCUT2D eigenvalue weighted by Crippen LogP contribution is -1.95. The molecule has 0 saturated carbocycles. The first-order chi connectivity index (χ1) is 9.15. The second-order valence-electron chi connectivity index (χ2n) is 4.13. The number of aliphatic hydroxyl groups excluding tert-OH is 1. The van der Waals surface area contributed by atoms with Crippen LogP contribution in [0.15, 0.2) is 36.4 Å². The Morgan fingerprint density at radius 3 is 2.42 bits per heavy atom. The smallest absolute Gasteiger partial charge is 0.134 e. The van der Waals surface area contributed by atoms with Crippen molar-refractivity contribution in [1.82, 2.24) is 0 Å². The van der Waals surface area contributed by atoms with Crippen LogP contribution in [0, 0.1) is 11.6 Å². The molecule has 0 aliphatic heterocycles. The molecule has 0 aromatic heterocycles. The highest BCUT2D eigenvalue weighted by atomic mass is 19.1. The summed E-state index contributed by atoms with van der Waals surface area (Å²) in [6, 6.07) is 8.69. The van der Waals surface area contributed by atoms with Crippen LogP contribution in [-0.4, -0.2) is 18.8 Å². The van der Waals surface area contributed by atoms with Crippen molar-refractivity contribution in [2.45, 2.75) is 6.42 Å². The average Bonchev–Trinajstić information content (AvgIpc) is 2.41. The fourth-order valence-corrected chi connectivity index (χ4v) is 1.90. The van der Waals surface area contributed by atoms with Gasteiger partial charge >= 0.3 is 0 Å². The molecule has 0 fully saturated rings. The molecule has 0 heterocycles. The molecule has 2 rings (SSSR count). The lowest BCUT2D eigenvalue weighted by atomic mass is 10.0. The van der Waals surface area contributed by atoms with Gasteiger partial charge in [-0.2, -0.15) is 0 Å². The highest BCUT2D eigenvalue weighted by Crippen LogP contribution is 2.29. The second-order valence-corrected chi connectivity index (χ2v) is 4.13. The normalized spacial score (nSPS) is 10.5. The molecule has 2 aromatic carbocycles. The fraction of sp³-hybridized carbons (Fsp3) is 0.200. The largest absolute Gasteiger partial charge is 0.497 e. The van der Waals surface area contributed by atoms with E-state index in [2.05, 4.69) is 0 Å². The number of ether oxygens (including phenoxy) is 1. The van der Waals surface area contributed by atoms with Gasteiger partial charge in [-0.05, 0) is 36.2 Å². The van der Waals surface area contributed by atoms with E-state index >= 15 is 0 Å². The third-order valence-electron chi connectivity index (χ3n) is 2.90. The third-order valence-corrected chi connectivity index (χ3v) is 2.90. The van der Waals surface area contributed by atoms with E-state index in [-0.39, 0.29) is 17.7 Å². The Hall–Kier alpha value is -1.94. The van der Waals surface area contributed by atoms with E-state index in [9.17, 15) is 8.78 Å². The van der Waals surface area contributed by atoms with Crippen molar-refractivity contribution in [3.05, 3.63) is 53.6 Å². The van der Waals surface area contributed by atoms with Gasteiger partial charge < -0.3 is 9.84 Å². The van der Waals surface area contributed by atoms with Crippen LogP contribution in [0.1, 0.15) is 5.56 Å². The summed E-state index contributed by atoms with van der Waals surface area (Å²) in [5.74, 6) is -0.654. The summed E-state index contributed by atoms with van der Waals surface area (Å²) < 4.78 is 32.6. The van der Waals surface area contributed by atoms with Crippen molar-refractivity contribution >= 4 is 0 Å². The van der Waals surface area contributed by atoms with Crippen molar-refractivity contribution in [2.75, 3.05) is 13.7 Å². The van der Waals surface area contributed by atoms with Gasteiger partial charge in [0.05, 0.1) is 7.11 Å². The molecular weight excluding hydrogens is 250 g/mol. The van der Waals surface area contributed by atoms with E-state index in [1.165, 1.54) is 25.3 Å². The Morgan fingerprint density at radius 1 is 1.00 bits per heavy atom. The first kappa shape index (κ1) is 13.5. The number of benzene rings is 2. The maximum atomic E-state index is 13.9. The molecule has 2 nitrogen and oxygen atoms in total. The van der Waals surface area contributed by atoms with Crippen molar-refractivity contribution in [3.63, 3.8) is 0 Å². The molecule has 2 aromatic rings. The van der Waals surface area contributed by atoms with Gasteiger partial charge in [0.2, 0.25) is 0 Å². The SMILES string of the molecule is COc1ccc(-c2cc(CCO)ccc2F)c(F)c1. The average molecular weight is 264 g/mol. The topological polar surface area (TPSA) is 29.5 Å². The van der Waals surface area contributed by atoms with Crippen LogP contribution < -0.4 is 4.74 Å². The van der Waals surface area contributed by atoms with E-state index in [0.29, 0.717) is 12.2 Å². The van der Waals surface area contributed by atoms with Crippen LogP contribution in [0.3, 0.4) is 0 Å². The molecule has 4 heteroatoms. The highest BCUT2D eigenvalue weighted by molar-refractivity contribution is 5.66. The van der Waals surface area contributed by atoms with Crippen LogP contribution in [0.5, 0.6) is 5.75 Å². The molecule has 0 spiro atoms. The predicted molar refractivity (Wildman–Crippen MR) is 69.1 cm³/mol. The van der Waals surface area contributed by atoms with Gasteiger partial charge in [0.15, 0.2) is 0 Å². The number of aliphatic hydroxyl groups is 1. The number of methoxy groups -OCH3 is 1. The zero-order valence-corrected chi connectivity index (χ0v) is 10.5. The number of rotatable bonds is 4. The minimum Gasteiger partial charge on any atom is -0.497 e. The maximum Gasteiger partial charge on any atom is 0.134 e. The molecule has 0 unspecified atom stereocenters. The molecule has 100 valence electrons. The van der Waals surface area contributed by atoms with Gasteiger partial charge in [0.25, 0.3) is 0 Å². The standard InChI is InChI=1S/C15H14F2O2/c1-19-11-3-4-12(15(17)9-11)13-8-10(6-7-18)2-5-14(13)16/h2-5,8-9,18H,6-7H2,1H3. The Labute approximate surface area is 110 Å². The molecule has 0 atom stereocenters. The zero-order chi connectivity index (χ0) is 13.8. The Kier molecular flexibility index (Phi) is 4.12. The number of halogens is 2. The predicted octanol–water partition coefficient (Wildman–Crippen LogP) is 3.18. The summed E-state index contributed by atoms with van der Waals surface area (Å²) in [4.78, 5) is 0. The zero-order valence-electron chi connectivity index (χ0n) is 10.5. The summed E-state index contributed by atoms with van der Waals surface area (Å²) in [5.41, 5.74) is 1.12. The van der Waals surface area contributed by atoms with E-state index in [0.717, 1.165) is 5.56 Å². The molecule has 0 radical (unpaired) electrons. The third kappa shape index (κ3) is 2.90. The Morgan fingerprint density at radius 2 is 1.79 bits per heavy atom. The van der Waals surface area contributed by atoms with Crippen LogP contribution in [-0.2, 0) is 6.42 Å². The van der Waals surface area contributed by atoms with E-state index in [1.54, 1.807) is 18.2 Å². The van der Waals surface area contributed by atoms with Crippen molar-refractivity contribution in [3.8, 4) is 16.9 Å². The summed E-state index contributed by atoms with van der Waals surface area (Å²) in [6.07, 6.45) is 0.408. The van der Waals surface area contributed by atoms with Crippen LogP contribution in [0.25, 0.3) is 11.1 Å². The van der Waals surface area contributed by atoms with Crippen LogP contribution in [0.2, 0.25) is 0 Å². The van der Waals surface area contributed by atoms with E-state index < -0.39 is 11.6 Å². The molecule has 0 aliphatic rings. The van der Waals surface area contributed by atoms with Crippen molar-refractivity contribution in [1.29, 1.82) is 0 Å². The first-order valence-electron chi connectivity index (χ1n) is 5.89. The number of hydrogen-bond acceptors (Lipinski definition) is 2. The molecule has 0 bridgehead atoms. The minimum atomic E-state index is -0.542. The molecule has 0 aliphatic carbocycles. The lowest BCUT2D eigenvalue weighted by molar-refractivity contribution is 0.299. The van der Waals surface area contributed by atoms with E-state index in [1.807, 2.05) is 0 Å². The lowest BCUT2D eigenvalue weighted by Gasteiger charge is -2.09. The van der Waals surface area contributed by atoms with Gasteiger partial charge in [0.1, 0.15) is 17.4 Å².